The Bertz CT molecular complexity index is 875. The van der Waals surface area contributed by atoms with Gasteiger partial charge in [0.1, 0.15) is 11.5 Å². The third kappa shape index (κ3) is 3.23. The molecule has 1 aromatic carbocycles. The summed E-state index contributed by atoms with van der Waals surface area (Å²) < 4.78 is 37.4. The second-order valence-electron chi connectivity index (χ2n) is 6.03. The van der Waals surface area contributed by atoms with Gasteiger partial charge in [0, 0.05) is 31.0 Å². The number of sulfonamides is 1. The van der Waals surface area contributed by atoms with Crippen molar-refractivity contribution in [3.8, 4) is 0 Å². The number of amides is 1. The van der Waals surface area contributed by atoms with Gasteiger partial charge < -0.3 is 9.47 Å². The molecule has 3 rings (SSSR count). The number of aromatic nitrogens is 1. The molecule has 1 unspecified atom stereocenters. The highest BCUT2D eigenvalue weighted by Crippen LogP contribution is 2.24. The summed E-state index contributed by atoms with van der Waals surface area (Å²) in [5.41, 5.74) is 1.23. The summed E-state index contributed by atoms with van der Waals surface area (Å²) in [6, 6.07) is 6.04. The smallest absolute Gasteiger partial charge is 0.270 e. The molecule has 1 saturated heterocycles. The second kappa shape index (κ2) is 5.61. The van der Waals surface area contributed by atoms with Crippen LogP contribution < -0.4 is 5.14 Å². The van der Waals surface area contributed by atoms with Crippen molar-refractivity contribution >= 4 is 26.8 Å². The number of fused-ring (bicyclic) bond motifs is 1. The number of carbonyl (C=O) groups is 1. The van der Waals surface area contributed by atoms with Gasteiger partial charge in [0.25, 0.3) is 5.91 Å². The average Bonchev–Trinajstić information content (AvgIpc) is 3.01. The fourth-order valence-corrected chi connectivity index (χ4v) is 4.10. The number of rotatable bonds is 3. The topological polar surface area (TPSA) is 85.4 Å². The van der Waals surface area contributed by atoms with E-state index in [4.69, 9.17) is 5.14 Å². The molecule has 0 spiro atoms. The minimum absolute atomic E-state index is 0.114. The van der Waals surface area contributed by atoms with E-state index in [-0.39, 0.29) is 23.4 Å². The number of halogens is 1. The maximum Gasteiger partial charge on any atom is 0.270 e. The molecule has 1 atom stereocenters. The van der Waals surface area contributed by atoms with E-state index in [2.05, 4.69) is 0 Å². The molecule has 1 aromatic heterocycles. The highest BCUT2D eigenvalue weighted by atomic mass is 32.2. The predicted octanol–water partition coefficient (Wildman–Crippen LogP) is 1.07. The van der Waals surface area contributed by atoms with Crippen molar-refractivity contribution in [2.24, 2.45) is 18.1 Å². The first kappa shape index (κ1) is 15.9. The summed E-state index contributed by atoms with van der Waals surface area (Å²) >= 11 is 0. The van der Waals surface area contributed by atoms with Gasteiger partial charge in [-0.1, -0.05) is 0 Å². The Kier molecular flexibility index (Phi) is 3.89. The van der Waals surface area contributed by atoms with Crippen LogP contribution in [-0.4, -0.2) is 42.6 Å². The Morgan fingerprint density at radius 3 is 2.83 bits per heavy atom. The standard InChI is InChI=1S/C15H18FN3O3S/c1-18-13-3-2-12(16)6-11(13)7-14(18)15(20)19-5-4-10(8-19)9-23(17,21)22/h2-3,6-7,10H,4-5,8-9H2,1H3,(H2,17,21,22). The molecule has 0 radical (unpaired) electrons. The molecular formula is C15H18FN3O3S. The van der Waals surface area contributed by atoms with Gasteiger partial charge >= 0.3 is 0 Å². The SMILES string of the molecule is Cn1c(C(=O)N2CCC(CS(N)(=O)=O)C2)cc2cc(F)ccc21. The van der Waals surface area contributed by atoms with Crippen molar-refractivity contribution in [3.05, 3.63) is 35.8 Å². The highest BCUT2D eigenvalue weighted by molar-refractivity contribution is 7.89. The zero-order valence-electron chi connectivity index (χ0n) is 12.7. The van der Waals surface area contributed by atoms with Crippen LogP contribution in [0.5, 0.6) is 0 Å². The van der Waals surface area contributed by atoms with Crippen LogP contribution in [0.3, 0.4) is 0 Å². The van der Waals surface area contributed by atoms with Crippen LogP contribution in [0.1, 0.15) is 16.9 Å². The number of primary sulfonamides is 1. The van der Waals surface area contributed by atoms with Crippen molar-refractivity contribution in [1.29, 1.82) is 0 Å². The Labute approximate surface area is 133 Å². The van der Waals surface area contributed by atoms with E-state index < -0.39 is 10.0 Å². The molecule has 2 aromatic rings. The number of benzene rings is 1. The molecule has 2 N–H and O–H groups in total. The first-order valence-electron chi connectivity index (χ1n) is 7.29. The number of likely N-dealkylation sites (tertiary alicyclic amines) is 1. The monoisotopic (exact) mass is 339 g/mol. The van der Waals surface area contributed by atoms with Crippen LogP contribution in [0.25, 0.3) is 10.9 Å². The van der Waals surface area contributed by atoms with Crippen LogP contribution in [0.4, 0.5) is 4.39 Å². The van der Waals surface area contributed by atoms with Gasteiger partial charge in [-0.3, -0.25) is 4.79 Å². The summed E-state index contributed by atoms with van der Waals surface area (Å²) in [7, 11) is -1.78. The lowest BCUT2D eigenvalue weighted by Crippen LogP contribution is -2.31. The first-order chi connectivity index (χ1) is 10.7. The summed E-state index contributed by atoms with van der Waals surface area (Å²) in [6.07, 6.45) is 0.612. The van der Waals surface area contributed by atoms with E-state index in [1.54, 1.807) is 28.6 Å². The van der Waals surface area contributed by atoms with Gasteiger partial charge in [0.15, 0.2) is 0 Å². The minimum Gasteiger partial charge on any atom is -0.340 e. The van der Waals surface area contributed by atoms with E-state index in [0.29, 0.717) is 30.6 Å². The molecule has 124 valence electrons. The molecule has 2 heterocycles. The lowest BCUT2D eigenvalue weighted by Gasteiger charge is -2.16. The third-order valence-electron chi connectivity index (χ3n) is 4.26. The number of carbonyl (C=O) groups excluding carboxylic acids is 1. The van der Waals surface area contributed by atoms with Gasteiger partial charge in [0.05, 0.1) is 5.75 Å². The number of nitrogens with two attached hydrogens (primary N) is 1. The van der Waals surface area contributed by atoms with E-state index in [9.17, 15) is 17.6 Å². The molecular weight excluding hydrogens is 321 g/mol. The Morgan fingerprint density at radius 2 is 2.13 bits per heavy atom. The molecule has 1 fully saturated rings. The Hall–Kier alpha value is -1.93. The van der Waals surface area contributed by atoms with E-state index in [1.165, 1.54) is 12.1 Å². The first-order valence-corrected chi connectivity index (χ1v) is 9.01. The molecule has 8 heteroatoms. The lowest BCUT2D eigenvalue weighted by molar-refractivity contribution is 0.0779. The fraction of sp³-hybridized carbons (Fsp3) is 0.400. The lowest BCUT2D eigenvalue weighted by atomic mass is 10.2. The van der Waals surface area contributed by atoms with Gasteiger partial charge in [0.2, 0.25) is 10.0 Å². The molecule has 0 aliphatic carbocycles. The van der Waals surface area contributed by atoms with E-state index in [1.807, 2.05) is 0 Å². The van der Waals surface area contributed by atoms with Crippen LogP contribution >= 0.6 is 0 Å². The number of hydrogen-bond donors (Lipinski definition) is 1. The van der Waals surface area contributed by atoms with Crippen molar-refractivity contribution in [2.75, 3.05) is 18.8 Å². The van der Waals surface area contributed by atoms with Crippen LogP contribution in [0.2, 0.25) is 0 Å². The van der Waals surface area contributed by atoms with Gasteiger partial charge in [-0.05, 0) is 36.6 Å². The van der Waals surface area contributed by atoms with E-state index in [0.717, 1.165) is 5.52 Å². The normalized spacial score (nSPS) is 18.7. The van der Waals surface area contributed by atoms with E-state index >= 15 is 0 Å². The van der Waals surface area contributed by atoms with Crippen molar-refractivity contribution in [1.82, 2.24) is 9.47 Å². The van der Waals surface area contributed by atoms with Crippen molar-refractivity contribution < 1.29 is 17.6 Å². The Balaban J connectivity index is 1.83. The largest absolute Gasteiger partial charge is 0.340 e. The molecule has 1 aliphatic rings. The summed E-state index contributed by atoms with van der Waals surface area (Å²) in [4.78, 5) is 14.3. The Morgan fingerprint density at radius 1 is 1.39 bits per heavy atom. The second-order valence-corrected chi connectivity index (χ2v) is 7.69. The highest BCUT2D eigenvalue weighted by Gasteiger charge is 2.30. The maximum atomic E-state index is 13.3. The minimum atomic E-state index is -3.54. The quantitative estimate of drug-likeness (QED) is 0.907. The summed E-state index contributed by atoms with van der Waals surface area (Å²) in [5, 5.41) is 5.73. The maximum absolute atomic E-state index is 13.3. The van der Waals surface area contributed by atoms with Crippen molar-refractivity contribution in [2.45, 2.75) is 6.42 Å². The predicted molar refractivity (Wildman–Crippen MR) is 84.9 cm³/mol. The molecule has 0 bridgehead atoms. The number of aryl methyl sites for hydroxylation is 1. The summed E-state index contributed by atoms with van der Waals surface area (Å²) in [6.45, 7) is 0.861. The average molecular weight is 339 g/mol. The number of hydrogen-bond acceptors (Lipinski definition) is 3. The fourth-order valence-electron chi connectivity index (χ4n) is 3.17. The molecule has 0 saturated carbocycles. The molecule has 23 heavy (non-hydrogen) atoms. The summed E-state index contributed by atoms with van der Waals surface area (Å²) in [5.74, 6) is -0.782. The van der Waals surface area contributed by atoms with Gasteiger partial charge in [-0.25, -0.2) is 17.9 Å². The number of nitrogens with zero attached hydrogens (tertiary/aromatic N) is 2. The van der Waals surface area contributed by atoms with Crippen LogP contribution in [-0.2, 0) is 17.1 Å². The molecule has 6 nitrogen and oxygen atoms in total. The zero-order chi connectivity index (χ0) is 16.8. The third-order valence-corrected chi connectivity index (χ3v) is 5.20. The zero-order valence-corrected chi connectivity index (χ0v) is 13.5. The molecule has 1 amide bonds. The van der Waals surface area contributed by atoms with Crippen LogP contribution in [0.15, 0.2) is 24.3 Å². The van der Waals surface area contributed by atoms with Gasteiger partial charge in [-0.15, -0.1) is 0 Å². The van der Waals surface area contributed by atoms with Crippen LogP contribution in [0, 0.1) is 11.7 Å². The van der Waals surface area contributed by atoms with Gasteiger partial charge in [-0.2, -0.15) is 0 Å². The molecule has 1 aliphatic heterocycles. The van der Waals surface area contributed by atoms with Crippen molar-refractivity contribution in [3.63, 3.8) is 0 Å².